The zero-order chi connectivity index (χ0) is 23.2. The van der Waals surface area contributed by atoms with Crippen molar-refractivity contribution in [1.29, 1.82) is 0 Å². The molecule has 1 atom stereocenters. The first-order valence-corrected chi connectivity index (χ1v) is 11.6. The van der Waals surface area contributed by atoms with Gasteiger partial charge in [-0.1, -0.05) is 41.8 Å². The highest BCUT2D eigenvalue weighted by atomic mass is 35.5. The van der Waals surface area contributed by atoms with Gasteiger partial charge in [-0.3, -0.25) is 9.69 Å². The number of nitrogens with zero attached hydrogens (tertiary/aromatic N) is 1. The third-order valence-corrected chi connectivity index (χ3v) is 5.88. The normalized spacial score (nSPS) is 16.3. The molecule has 1 aromatic carbocycles. The molecule has 1 aromatic rings. The lowest BCUT2D eigenvalue weighted by Gasteiger charge is -2.25. The Morgan fingerprint density at radius 1 is 1.22 bits per heavy atom. The SMILES string of the molecule is C=CCC(C(=O)Nc1ccc(Cl)c(Cl)c1)C(/C=C/OCCN1CCCCC1)=C/C=C/OC. The highest BCUT2D eigenvalue weighted by molar-refractivity contribution is 6.42. The number of carbonyl (C=O) groups is 1. The Bertz CT molecular complexity index is 830. The van der Waals surface area contributed by atoms with Crippen molar-refractivity contribution in [3.63, 3.8) is 0 Å². The second-order valence-corrected chi connectivity index (χ2v) is 8.32. The molecule has 1 fully saturated rings. The molecule has 1 unspecified atom stereocenters. The number of piperidine rings is 1. The molecule has 32 heavy (non-hydrogen) atoms. The number of carbonyl (C=O) groups excluding carboxylic acids is 1. The van der Waals surface area contributed by atoms with Crippen molar-refractivity contribution in [3.8, 4) is 0 Å². The van der Waals surface area contributed by atoms with Crippen LogP contribution in [-0.2, 0) is 14.3 Å². The standard InChI is InChI=1S/C25H32Cl2N2O3/c1-3-8-22(25(30)28-21-10-11-23(26)24(27)19-21)20(9-7-16-31-2)12-17-32-18-15-29-13-5-4-6-14-29/h3,7,9-12,16-17,19,22H,1,4-6,8,13-15,18H2,2H3,(H,28,30)/b16-7+,17-12+,20-9+. The topological polar surface area (TPSA) is 50.8 Å². The summed E-state index contributed by atoms with van der Waals surface area (Å²) in [4.78, 5) is 15.5. The number of halogens is 2. The molecule has 0 aromatic heterocycles. The average Bonchev–Trinajstić information content (AvgIpc) is 2.79. The van der Waals surface area contributed by atoms with Gasteiger partial charge in [0, 0.05) is 12.2 Å². The Morgan fingerprint density at radius 3 is 2.69 bits per heavy atom. The Hall–Kier alpha value is -2.21. The first-order valence-electron chi connectivity index (χ1n) is 10.8. The first kappa shape index (κ1) is 26.0. The predicted molar refractivity (Wildman–Crippen MR) is 133 cm³/mol. The molecule has 1 amide bonds. The van der Waals surface area contributed by atoms with Crippen molar-refractivity contribution in [3.05, 3.63) is 77.2 Å². The number of benzene rings is 1. The minimum atomic E-state index is -0.467. The van der Waals surface area contributed by atoms with Crippen LogP contribution < -0.4 is 5.32 Å². The molecule has 1 aliphatic rings. The third-order valence-electron chi connectivity index (χ3n) is 5.14. The number of hydrogen-bond acceptors (Lipinski definition) is 4. The van der Waals surface area contributed by atoms with Gasteiger partial charge in [-0.05, 0) is 68.3 Å². The summed E-state index contributed by atoms with van der Waals surface area (Å²) in [6.07, 6.45) is 14.6. The van der Waals surface area contributed by atoms with E-state index >= 15 is 0 Å². The smallest absolute Gasteiger partial charge is 0.232 e. The van der Waals surface area contributed by atoms with Crippen molar-refractivity contribution < 1.29 is 14.3 Å². The summed E-state index contributed by atoms with van der Waals surface area (Å²) in [5, 5.41) is 3.72. The summed E-state index contributed by atoms with van der Waals surface area (Å²) in [6.45, 7) is 7.59. The van der Waals surface area contributed by atoms with Crippen LogP contribution in [0, 0.1) is 5.92 Å². The number of anilines is 1. The van der Waals surface area contributed by atoms with Crippen LogP contribution >= 0.6 is 23.2 Å². The fourth-order valence-corrected chi connectivity index (χ4v) is 3.74. The second-order valence-electron chi connectivity index (χ2n) is 7.50. The van der Waals surface area contributed by atoms with Gasteiger partial charge in [-0.15, -0.1) is 6.58 Å². The second kappa shape index (κ2) is 14.8. The van der Waals surface area contributed by atoms with E-state index in [1.165, 1.54) is 19.3 Å². The lowest BCUT2D eigenvalue weighted by atomic mass is 9.93. The molecule has 7 heteroatoms. The van der Waals surface area contributed by atoms with Crippen molar-refractivity contribution in [1.82, 2.24) is 4.90 Å². The molecular weight excluding hydrogens is 447 g/mol. The number of likely N-dealkylation sites (tertiary alicyclic amines) is 1. The van der Waals surface area contributed by atoms with Crippen molar-refractivity contribution in [2.75, 3.05) is 38.7 Å². The largest absolute Gasteiger partial charge is 0.504 e. The zero-order valence-electron chi connectivity index (χ0n) is 18.6. The first-order chi connectivity index (χ1) is 15.5. The van der Waals surface area contributed by atoms with Crippen molar-refractivity contribution in [2.45, 2.75) is 25.7 Å². The van der Waals surface area contributed by atoms with E-state index < -0.39 is 5.92 Å². The summed E-state index contributed by atoms with van der Waals surface area (Å²) in [5.41, 5.74) is 1.35. The number of rotatable bonds is 12. The lowest BCUT2D eigenvalue weighted by molar-refractivity contribution is -0.118. The minimum absolute atomic E-state index is 0.182. The number of allylic oxidation sites excluding steroid dienone is 4. The highest BCUT2D eigenvalue weighted by Crippen LogP contribution is 2.26. The van der Waals surface area contributed by atoms with E-state index in [0.29, 0.717) is 28.8 Å². The molecule has 174 valence electrons. The number of methoxy groups -OCH3 is 1. The van der Waals surface area contributed by atoms with Crippen LogP contribution in [0.2, 0.25) is 10.0 Å². The van der Waals surface area contributed by atoms with Gasteiger partial charge in [0.2, 0.25) is 5.91 Å². The Labute approximate surface area is 201 Å². The molecule has 0 saturated carbocycles. The van der Waals surface area contributed by atoms with Crippen LogP contribution in [0.5, 0.6) is 0 Å². The van der Waals surface area contributed by atoms with Crippen LogP contribution in [-0.4, -0.2) is 44.2 Å². The van der Waals surface area contributed by atoms with E-state index in [1.54, 1.807) is 50.0 Å². The lowest BCUT2D eigenvalue weighted by Crippen LogP contribution is -2.32. The molecule has 0 radical (unpaired) electrons. The van der Waals surface area contributed by atoms with Crippen LogP contribution in [0.4, 0.5) is 5.69 Å². The Morgan fingerprint density at radius 2 is 2.00 bits per heavy atom. The minimum Gasteiger partial charge on any atom is -0.504 e. The number of amides is 1. The molecule has 0 spiro atoms. The highest BCUT2D eigenvalue weighted by Gasteiger charge is 2.20. The van der Waals surface area contributed by atoms with Gasteiger partial charge in [0.05, 0.1) is 42.2 Å². The maximum Gasteiger partial charge on any atom is 0.232 e. The van der Waals surface area contributed by atoms with E-state index in [-0.39, 0.29) is 5.91 Å². The third kappa shape index (κ3) is 9.11. The predicted octanol–water partition coefficient (Wildman–Crippen LogP) is 6.23. The summed E-state index contributed by atoms with van der Waals surface area (Å²) >= 11 is 12.0. The van der Waals surface area contributed by atoms with Crippen molar-refractivity contribution in [2.24, 2.45) is 5.92 Å². The number of hydrogen-bond donors (Lipinski definition) is 1. The van der Waals surface area contributed by atoms with Gasteiger partial charge in [-0.25, -0.2) is 0 Å². The molecule has 1 aliphatic heterocycles. The van der Waals surface area contributed by atoms with Gasteiger partial charge in [0.1, 0.15) is 0 Å². The van der Waals surface area contributed by atoms with Gasteiger partial charge >= 0.3 is 0 Å². The van der Waals surface area contributed by atoms with Crippen LogP contribution in [0.1, 0.15) is 25.7 Å². The maximum absolute atomic E-state index is 13.1. The van der Waals surface area contributed by atoms with E-state index in [2.05, 4.69) is 16.8 Å². The van der Waals surface area contributed by atoms with Gasteiger partial charge in [-0.2, -0.15) is 0 Å². The quantitative estimate of drug-likeness (QED) is 0.167. The van der Waals surface area contributed by atoms with Crippen LogP contribution in [0.3, 0.4) is 0 Å². The summed E-state index contributed by atoms with van der Waals surface area (Å²) in [7, 11) is 1.57. The van der Waals surface area contributed by atoms with E-state index in [4.69, 9.17) is 32.7 Å². The molecule has 2 rings (SSSR count). The zero-order valence-corrected chi connectivity index (χ0v) is 20.1. The number of nitrogens with one attached hydrogen (secondary N) is 1. The molecule has 1 N–H and O–H groups in total. The van der Waals surface area contributed by atoms with E-state index in [1.807, 2.05) is 12.2 Å². The van der Waals surface area contributed by atoms with Gasteiger partial charge in [0.25, 0.3) is 0 Å². The molecule has 5 nitrogen and oxygen atoms in total. The number of ether oxygens (including phenoxy) is 2. The fraction of sp³-hybridized carbons (Fsp3) is 0.400. The van der Waals surface area contributed by atoms with Gasteiger partial charge < -0.3 is 14.8 Å². The molecule has 0 aliphatic carbocycles. The molecular formula is C25H32Cl2N2O3. The molecule has 1 saturated heterocycles. The monoisotopic (exact) mass is 478 g/mol. The van der Waals surface area contributed by atoms with Gasteiger partial charge in [0.15, 0.2) is 0 Å². The van der Waals surface area contributed by atoms with E-state index in [9.17, 15) is 4.79 Å². The summed E-state index contributed by atoms with van der Waals surface area (Å²) in [5.74, 6) is -0.649. The fourth-order valence-electron chi connectivity index (χ4n) is 3.44. The maximum atomic E-state index is 13.1. The Kier molecular flexibility index (Phi) is 12.0. The van der Waals surface area contributed by atoms with Crippen molar-refractivity contribution >= 4 is 34.8 Å². The average molecular weight is 479 g/mol. The van der Waals surface area contributed by atoms with E-state index in [0.717, 1.165) is 25.2 Å². The molecule has 1 heterocycles. The van der Waals surface area contributed by atoms with Crippen LogP contribution in [0.25, 0.3) is 0 Å². The van der Waals surface area contributed by atoms with Crippen LogP contribution in [0.15, 0.2) is 67.2 Å². The summed E-state index contributed by atoms with van der Waals surface area (Å²) < 4.78 is 10.7. The molecule has 0 bridgehead atoms. The Balaban J connectivity index is 2.06. The summed E-state index contributed by atoms with van der Waals surface area (Å²) in [6, 6.07) is 4.99.